The highest BCUT2D eigenvalue weighted by molar-refractivity contribution is 9.10. The first-order valence-electron chi connectivity index (χ1n) is 10.9. The van der Waals surface area contributed by atoms with Crippen LogP contribution in [0.2, 0.25) is 0 Å². The summed E-state index contributed by atoms with van der Waals surface area (Å²) < 4.78 is 11.4. The Labute approximate surface area is 220 Å². The summed E-state index contributed by atoms with van der Waals surface area (Å²) in [5, 5.41) is 16.8. The molecular formula is C26H20BrN5O3S. The molecule has 0 saturated heterocycles. The topological polar surface area (TPSA) is 90.3 Å². The summed E-state index contributed by atoms with van der Waals surface area (Å²) in [4.78, 5) is 14.6. The summed E-state index contributed by atoms with van der Waals surface area (Å²) in [5.74, 6) is 0.805. The van der Waals surface area contributed by atoms with Gasteiger partial charge in [-0.05, 0) is 87.5 Å². The summed E-state index contributed by atoms with van der Waals surface area (Å²) >= 11 is 8.96. The Bertz CT molecular complexity index is 1620. The number of nitrogens with zero attached hydrogens (tertiary/aromatic N) is 3. The number of aromatic nitrogens is 3. The van der Waals surface area contributed by atoms with Crippen LogP contribution in [0.5, 0.6) is 11.5 Å². The van der Waals surface area contributed by atoms with Gasteiger partial charge in [-0.1, -0.05) is 24.3 Å². The van der Waals surface area contributed by atoms with Crippen molar-refractivity contribution in [2.45, 2.75) is 0 Å². The van der Waals surface area contributed by atoms with Crippen LogP contribution in [-0.4, -0.2) is 40.2 Å². The third-order valence-electron chi connectivity index (χ3n) is 5.56. The van der Waals surface area contributed by atoms with E-state index in [1.807, 2.05) is 66.7 Å². The van der Waals surface area contributed by atoms with E-state index in [-0.39, 0.29) is 11.0 Å². The fraction of sp³-hybridized carbons (Fsp3) is 0.0769. The molecule has 8 nitrogen and oxygen atoms in total. The zero-order valence-electron chi connectivity index (χ0n) is 19.3. The van der Waals surface area contributed by atoms with Gasteiger partial charge in [-0.3, -0.25) is 10.1 Å². The molecule has 1 aromatic heterocycles. The van der Waals surface area contributed by atoms with E-state index in [1.54, 1.807) is 18.0 Å². The number of carbonyl (C=O) groups excluding carboxylic acids is 1. The Balaban J connectivity index is 1.34. The SMILES string of the molecule is COc1ccc(-n2nc3ccc(NC(=S)NC(=O)c4cc5ccccc5c(Br)c4OC)cc3n2)cc1. The van der Waals surface area contributed by atoms with Crippen molar-refractivity contribution < 1.29 is 14.3 Å². The molecule has 0 atom stereocenters. The van der Waals surface area contributed by atoms with Crippen molar-refractivity contribution in [3.05, 3.63) is 82.8 Å². The average Bonchev–Trinajstić information content (AvgIpc) is 3.32. The molecule has 2 N–H and O–H groups in total. The van der Waals surface area contributed by atoms with Crippen molar-refractivity contribution in [3.63, 3.8) is 0 Å². The summed E-state index contributed by atoms with van der Waals surface area (Å²) in [6.07, 6.45) is 0. The van der Waals surface area contributed by atoms with Crippen LogP contribution in [0.4, 0.5) is 5.69 Å². The predicted octanol–water partition coefficient (Wildman–Crippen LogP) is 5.48. The lowest BCUT2D eigenvalue weighted by atomic mass is 10.1. The maximum atomic E-state index is 13.1. The molecule has 4 aromatic carbocycles. The summed E-state index contributed by atoms with van der Waals surface area (Å²) in [6, 6.07) is 22.4. The number of methoxy groups -OCH3 is 2. The molecule has 1 amide bonds. The normalized spacial score (nSPS) is 10.9. The lowest BCUT2D eigenvalue weighted by molar-refractivity contribution is 0.0975. The largest absolute Gasteiger partial charge is 0.497 e. The highest BCUT2D eigenvalue weighted by Crippen LogP contribution is 2.36. The minimum absolute atomic E-state index is 0.147. The summed E-state index contributed by atoms with van der Waals surface area (Å²) in [5.41, 5.74) is 3.23. The fourth-order valence-corrected chi connectivity index (χ4v) is 4.76. The van der Waals surface area contributed by atoms with Crippen LogP contribution >= 0.6 is 28.1 Å². The molecule has 0 saturated carbocycles. The highest BCUT2D eigenvalue weighted by Gasteiger charge is 2.19. The maximum absolute atomic E-state index is 13.1. The number of carbonyl (C=O) groups is 1. The first-order valence-corrected chi connectivity index (χ1v) is 12.1. The Hall–Kier alpha value is -4.02. The van der Waals surface area contributed by atoms with Crippen molar-refractivity contribution >= 4 is 66.7 Å². The van der Waals surface area contributed by atoms with Gasteiger partial charge in [0.15, 0.2) is 5.11 Å². The molecule has 0 fully saturated rings. The molecule has 0 aliphatic carbocycles. The molecular weight excluding hydrogens is 542 g/mol. The number of anilines is 1. The minimum Gasteiger partial charge on any atom is -0.497 e. The highest BCUT2D eigenvalue weighted by atomic mass is 79.9. The predicted molar refractivity (Wildman–Crippen MR) is 147 cm³/mol. The van der Waals surface area contributed by atoms with Crippen LogP contribution in [0.3, 0.4) is 0 Å². The van der Waals surface area contributed by atoms with Crippen molar-refractivity contribution in [3.8, 4) is 17.2 Å². The Morgan fingerprint density at radius 2 is 1.69 bits per heavy atom. The number of rotatable bonds is 5. The summed E-state index contributed by atoms with van der Waals surface area (Å²) in [6.45, 7) is 0. The van der Waals surface area contributed by atoms with Gasteiger partial charge in [0, 0.05) is 5.69 Å². The molecule has 0 spiro atoms. The van der Waals surface area contributed by atoms with Gasteiger partial charge in [0.25, 0.3) is 5.91 Å². The Morgan fingerprint density at radius 1 is 0.944 bits per heavy atom. The molecule has 1 heterocycles. The number of halogens is 1. The number of ether oxygens (including phenoxy) is 2. The van der Waals surface area contributed by atoms with Crippen molar-refractivity contribution in [2.75, 3.05) is 19.5 Å². The molecule has 36 heavy (non-hydrogen) atoms. The van der Waals surface area contributed by atoms with Gasteiger partial charge in [0.05, 0.1) is 29.9 Å². The third-order valence-corrected chi connectivity index (χ3v) is 6.55. The average molecular weight is 562 g/mol. The van der Waals surface area contributed by atoms with Gasteiger partial charge in [-0.15, -0.1) is 10.2 Å². The quantitative estimate of drug-likeness (QED) is 0.274. The van der Waals surface area contributed by atoms with Crippen LogP contribution in [-0.2, 0) is 0 Å². The van der Waals surface area contributed by atoms with Gasteiger partial charge in [0.1, 0.15) is 22.5 Å². The van der Waals surface area contributed by atoms with E-state index in [2.05, 4.69) is 36.8 Å². The van der Waals surface area contributed by atoms with E-state index in [0.29, 0.717) is 27.0 Å². The first-order chi connectivity index (χ1) is 17.5. The number of hydrogen-bond acceptors (Lipinski definition) is 6. The van der Waals surface area contributed by atoms with E-state index < -0.39 is 0 Å². The number of benzene rings is 4. The van der Waals surface area contributed by atoms with E-state index in [9.17, 15) is 4.79 Å². The van der Waals surface area contributed by atoms with Gasteiger partial charge in [-0.25, -0.2) is 0 Å². The smallest absolute Gasteiger partial charge is 0.261 e. The molecule has 10 heteroatoms. The zero-order valence-corrected chi connectivity index (χ0v) is 21.7. The number of nitrogens with one attached hydrogen (secondary N) is 2. The van der Waals surface area contributed by atoms with Gasteiger partial charge in [0.2, 0.25) is 0 Å². The number of thiocarbonyl (C=S) groups is 1. The molecule has 0 aliphatic heterocycles. The monoisotopic (exact) mass is 561 g/mol. The number of fused-ring (bicyclic) bond motifs is 2. The van der Waals surface area contributed by atoms with Gasteiger partial charge < -0.3 is 14.8 Å². The van der Waals surface area contributed by atoms with Crippen LogP contribution in [0.15, 0.2) is 77.3 Å². The second kappa shape index (κ2) is 9.92. The zero-order chi connectivity index (χ0) is 25.2. The molecule has 0 aliphatic rings. The fourth-order valence-electron chi connectivity index (χ4n) is 3.81. The lowest BCUT2D eigenvalue weighted by Gasteiger charge is -2.14. The van der Waals surface area contributed by atoms with Gasteiger partial charge in [-0.2, -0.15) is 4.80 Å². The van der Waals surface area contributed by atoms with Crippen LogP contribution < -0.4 is 20.1 Å². The van der Waals surface area contributed by atoms with Crippen LogP contribution in [0, 0.1) is 0 Å². The second-order valence-electron chi connectivity index (χ2n) is 7.79. The van der Waals surface area contributed by atoms with Crippen molar-refractivity contribution in [2.24, 2.45) is 0 Å². The number of hydrogen-bond donors (Lipinski definition) is 2. The van der Waals surface area contributed by atoms with Gasteiger partial charge >= 0.3 is 0 Å². The van der Waals surface area contributed by atoms with E-state index in [0.717, 1.165) is 27.7 Å². The summed E-state index contributed by atoms with van der Waals surface area (Å²) in [7, 11) is 3.14. The molecule has 0 unspecified atom stereocenters. The molecule has 5 rings (SSSR count). The van der Waals surface area contributed by atoms with E-state index in [1.165, 1.54) is 7.11 Å². The third kappa shape index (κ3) is 4.60. The van der Waals surface area contributed by atoms with Crippen molar-refractivity contribution in [1.82, 2.24) is 20.3 Å². The lowest BCUT2D eigenvalue weighted by Crippen LogP contribution is -2.34. The first kappa shape index (κ1) is 23.7. The van der Waals surface area contributed by atoms with Crippen LogP contribution in [0.25, 0.3) is 27.5 Å². The van der Waals surface area contributed by atoms with E-state index >= 15 is 0 Å². The molecule has 0 bridgehead atoms. The molecule has 180 valence electrons. The number of amides is 1. The molecule has 5 aromatic rings. The Kier molecular flexibility index (Phi) is 6.53. The van der Waals surface area contributed by atoms with Crippen LogP contribution in [0.1, 0.15) is 10.4 Å². The molecule has 0 radical (unpaired) electrons. The maximum Gasteiger partial charge on any atom is 0.261 e. The van der Waals surface area contributed by atoms with E-state index in [4.69, 9.17) is 21.7 Å². The standard InChI is InChI=1S/C26H20BrN5O3S/c1-34-18-10-8-17(9-11-18)32-30-21-12-7-16(14-22(21)31-32)28-26(36)29-25(33)20-13-15-5-3-4-6-19(15)23(27)24(20)35-2/h3-14H,1-2H3,(H2,28,29,33,36). The van der Waals surface area contributed by atoms with Crippen molar-refractivity contribution in [1.29, 1.82) is 0 Å². The Morgan fingerprint density at radius 3 is 2.44 bits per heavy atom. The second-order valence-corrected chi connectivity index (χ2v) is 8.99. The minimum atomic E-state index is -0.387.